The molecule has 1 radical (unpaired) electrons. The minimum atomic E-state index is -4.39. The molecule has 0 aliphatic carbocycles. The zero-order valence-corrected chi connectivity index (χ0v) is 7.69. The van der Waals surface area contributed by atoms with Crippen LogP contribution in [-0.2, 0) is 6.54 Å². The van der Waals surface area contributed by atoms with Gasteiger partial charge in [-0.3, -0.25) is 4.68 Å². The van der Waals surface area contributed by atoms with E-state index in [1.54, 1.807) is 13.8 Å². The third kappa shape index (κ3) is 2.46. The summed E-state index contributed by atoms with van der Waals surface area (Å²) >= 11 is 0. The van der Waals surface area contributed by atoms with Crippen LogP contribution < -0.4 is 0 Å². The van der Waals surface area contributed by atoms with Crippen LogP contribution in [-0.4, -0.2) is 16.0 Å². The summed E-state index contributed by atoms with van der Waals surface area (Å²) in [7, 11) is 0. The molecule has 1 rings (SSSR count). The average Bonchev–Trinajstić information content (AvgIpc) is 2.27. The summed E-state index contributed by atoms with van der Waals surface area (Å²) in [5, 5.41) is 3.22. The lowest BCUT2D eigenvalue weighted by Crippen LogP contribution is -2.21. The second-order valence-electron chi connectivity index (χ2n) is 3.24. The molecule has 0 spiro atoms. The van der Waals surface area contributed by atoms with Gasteiger partial charge in [0, 0.05) is 0 Å². The van der Waals surface area contributed by atoms with Gasteiger partial charge in [0.25, 0.3) is 0 Å². The van der Waals surface area contributed by atoms with E-state index in [1.165, 1.54) is 0 Å². The first kappa shape index (κ1) is 11.0. The van der Waals surface area contributed by atoms with E-state index in [-0.39, 0.29) is 11.6 Å². The van der Waals surface area contributed by atoms with Gasteiger partial charge in [-0.15, -0.1) is 0 Å². The largest absolute Gasteiger partial charge is 0.408 e. The fourth-order valence-corrected chi connectivity index (χ4v) is 1.17. The average molecular weight is 209 g/mol. The highest BCUT2D eigenvalue weighted by Gasteiger charge is 2.30. The van der Waals surface area contributed by atoms with Crippen molar-refractivity contribution in [2.75, 3.05) is 0 Å². The van der Waals surface area contributed by atoms with Crippen LogP contribution in [0.3, 0.4) is 0 Å². The zero-order valence-electron chi connectivity index (χ0n) is 7.69. The molecule has 0 N–H and O–H groups in total. The van der Waals surface area contributed by atoms with E-state index in [2.05, 4.69) is 5.10 Å². The van der Waals surface area contributed by atoms with E-state index in [0.717, 1.165) is 0 Å². The number of alkyl halides is 3. The molecule has 14 heavy (non-hydrogen) atoms. The summed E-state index contributed by atoms with van der Waals surface area (Å²) in [6, 6.07) is 0. The number of aromatic nitrogens is 2. The molecule has 0 aliphatic heterocycles. The molecule has 0 atom stereocenters. The maximum atomic E-state index is 12.9. The summed E-state index contributed by atoms with van der Waals surface area (Å²) < 4.78 is 49.5. The monoisotopic (exact) mass is 209 g/mol. The Morgan fingerprint density at radius 3 is 2.43 bits per heavy atom. The number of nitrogens with zero attached hydrogens (tertiary/aromatic N) is 2. The summed E-state index contributed by atoms with van der Waals surface area (Å²) in [6.45, 7) is 1.92. The van der Waals surface area contributed by atoms with Crippen LogP contribution in [0.1, 0.15) is 25.5 Å². The minimum Gasteiger partial charge on any atom is -0.256 e. The second-order valence-corrected chi connectivity index (χ2v) is 3.24. The van der Waals surface area contributed by atoms with Crippen LogP contribution in [0.25, 0.3) is 0 Å². The van der Waals surface area contributed by atoms with Crippen molar-refractivity contribution < 1.29 is 17.6 Å². The molecule has 0 bridgehead atoms. The molecule has 0 aliphatic rings. The van der Waals surface area contributed by atoms with Crippen molar-refractivity contribution in [3.8, 4) is 0 Å². The van der Waals surface area contributed by atoms with Crippen molar-refractivity contribution in [2.45, 2.75) is 32.5 Å². The fraction of sp³-hybridized carbons (Fsp3) is 0.625. The van der Waals surface area contributed by atoms with Crippen molar-refractivity contribution in [1.82, 2.24) is 9.78 Å². The van der Waals surface area contributed by atoms with Gasteiger partial charge in [0.05, 0.1) is 5.69 Å². The quantitative estimate of drug-likeness (QED) is 0.684. The summed E-state index contributed by atoms with van der Waals surface area (Å²) in [5.74, 6) is -1.17. The predicted octanol–water partition coefficient (Wildman–Crippen LogP) is 2.51. The first-order valence-electron chi connectivity index (χ1n) is 4.02. The third-order valence-corrected chi connectivity index (χ3v) is 1.65. The Hall–Kier alpha value is -1.07. The molecule has 2 nitrogen and oxygen atoms in total. The van der Waals surface area contributed by atoms with E-state index in [0.29, 0.717) is 4.68 Å². The van der Waals surface area contributed by atoms with E-state index < -0.39 is 18.5 Å². The first-order valence-corrected chi connectivity index (χ1v) is 4.02. The number of hydrogen-bond acceptors (Lipinski definition) is 1. The molecule has 0 unspecified atom stereocenters. The minimum absolute atomic E-state index is 0.0673. The molecule has 0 saturated heterocycles. The van der Waals surface area contributed by atoms with Crippen LogP contribution in [0, 0.1) is 12.0 Å². The lowest BCUT2D eigenvalue weighted by atomic mass is 10.1. The lowest BCUT2D eigenvalue weighted by molar-refractivity contribution is -0.143. The Labute approximate surface area is 78.5 Å². The molecule has 1 aromatic rings. The highest BCUT2D eigenvalue weighted by atomic mass is 19.4. The molecule has 0 saturated carbocycles. The smallest absolute Gasteiger partial charge is 0.256 e. The molecular weight excluding hydrogens is 200 g/mol. The Bertz CT molecular complexity index is 314. The van der Waals surface area contributed by atoms with Crippen LogP contribution in [0.15, 0.2) is 0 Å². The van der Waals surface area contributed by atoms with Crippen LogP contribution in [0.2, 0.25) is 0 Å². The summed E-state index contributed by atoms with van der Waals surface area (Å²) in [4.78, 5) is 0. The van der Waals surface area contributed by atoms with E-state index in [1.807, 2.05) is 6.20 Å². The first-order chi connectivity index (χ1) is 6.31. The van der Waals surface area contributed by atoms with Gasteiger partial charge in [-0.2, -0.15) is 18.3 Å². The van der Waals surface area contributed by atoms with Crippen molar-refractivity contribution in [2.24, 2.45) is 0 Å². The maximum absolute atomic E-state index is 12.9. The van der Waals surface area contributed by atoms with Gasteiger partial charge in [0.1, 0.15) is 6.54 Å². The Morgan fingerprint density at radius 1 is 1.43 bits per heavy atom. The van der Waals surface area contributed by atoms with Gasteiger partial charge >= 0.3 is 6.18 Å². The van der Waals surface area contributed by atoms with Crippen molar-refractivity contribution >= 4 is 0 Å². The number of hydrogen-bond donors (Lipinski definition) is 0. The van der Waals surface area contributed by atoms with Crippen LogP contribution in [0.5, 0.6) is 0 Å². The Kier molecular flexibility index (Phi) is 2.82. The lowest BCUT2D eigenvalue weighted by Gasteiger charge is -2.11. The second kappa shape index (κ2) is 3.59. The normalized spacial score (nSPS) is 12.5. The van der Waals surface area contributed by atoms with Crippen molar-refractivity contribution in [3.63, 3.8) is 0 Å². The number of halogens is 4. The Balaban J connectivity index is 2.98. The Morgan fingerprint density at radius 2 is 2.00 bits per heavy atom. The molecule has 0 aromatic carbocycles. The van der Waals surface area contributed by atoms with E-state index >= 15 is 0 Å². The molecule has 0 amide bonds. The standard InChI is InChI=1S/C8H9F4N2/c1-5(2)7-6(9)3-13-14(7)4-8(10,11)12/h5H,4H2,1-2H3. The third-order valence-electron chi connectivity index (χ3n) is 1.65. The highest BCUT2D eigenvalue weighted by molar-refractivity contribution is 5.07. The summed E-state index contributed by atoms with van der Waals surface area (Å²) in [6.07, 6.45) is -2.51. The molecule has 79 valence electrons. The SMILES string of the molecule is CC(C)c1c(F)[c]nn1CC(F)(F)F. The van der Waals surface area contributed by atoms with Crippen LogP contribution in [0.4, 0.5) is 17.6 Å². The van der Waals surface area contributed by atoms with Crippen LogP contribution >= 0.6 is 0 Å². The van der Waals surface area contributed by atoms with Gasteiger partial charge in [-0.25, -0.2) is 4.39 Å². The predicted molar refractivity (Wildman–Crippen MR) is 41.2 cm³/mol. The fourth-order valence-electron chi connectivity index (χ4n) is 1.17. The topological polar surface area (TPSA) is 17.8 Å². The highest BCUT2D eigenvalue weighted by Crippen LogP contribution is 2.22. The van der Waals surface area contributed by atoms with Gasteiger partial charge in [0.15, 0.2) is 12.0 Å². The molecular formula is C8H9F4N2. The van der Waals surface area contributed by atoms with E-state index in [9.17, 15) is 17.6 Å². The maximum Gasteiger partial charge on any atom is 0.408 e. The van der Waals surface area contributed by atoms with Gasteiger partial charge in [0.2, 0.25) is 0 Å². The molecule has 6 heteroatoms. The van der Waals surface area contributed by atoms with Crippen molar-refractivity contribution in [3.05, 3.63) is 17.7 Å². The van der Waals surface area contributed by atoms with Gasteiger partial charge in [-0.1, -0.05) is 13.8 Å². The molecule has 1 aromatic heterocycles. The zero-order chi connectivity index (χ0) is 10.9. The van der Waals surface area contributed by atoms with Gasteiger partial charge in [-0.05, 0) is 5.92 Å². The van der Waals surface area contributed by atoms with E-state index in [4.69, 9.17) is 0 Å². The van der Waals surface area contributed by atoms with Crippen molar-refractivity contribution in [1.29, 1.82) is 0 Å². The number of rotatable bonds is 2. The molecule has 0 fully saturated rings. The molecule has 1 heterocycles. The van der Waals surface area contributed by atoms with Gasteiger partial charge < -0.3 is 0 Å². The summed E-state index contributed by atoms with van der Waals surface area (Å²) in [5.41, 5.74) is -0.0673.